The van der Waals surface area contributed by atoms with E-state index in [4.69, 9.17) is 9.47 Å². The summed E-state index contributed by atoms with van der Waals surface area (Å²) in [5.74, 6) is 1.18. The lowest BCUT2D eigenvalue weighted by atomic mass is 10.1. The number of anilines is 2. The fourth-order valence-electron chi connectivity index (χ4n) is 3.50. The first-order valence-electron chi connectivity index (χ1n) is 10.6. The van der Waals surface area contributed by atoms with Gasteiger partial charge in [-0.15, -0.1) is 0 Å². The molecule has 4 rings (SSSR count). The topological polar surface area (TPSA) is 72.0 Å². The van der Waals surface area contributed by atoms with Crippen LogP contribution in [0, 0.1) is 0 Å². The van der Waals surface area contributed by atoms with Crippen LogP contribution in [0.4, 0.5) is 20.7 Å². The second kappa shape index (κ2) is 10.1. The van der Waals surface area contributed by atoms with Gasteiger partial charge in [0, 0.05) is 19.7 Å². The Balaban J connectivity index is 1.35. The van der Waals surface area contributed by atoms with E-state index in [0.717, 1.165) is 10.7 Å². The smallest absolute Gasteiger partial charge is 0.296 e. The van der Waals surface area contributed by atoms with E-state index in [0.29, 0.717) is 47.7 Å². The average molecular weight is 482 g/mol. The Morgan fingerprint density at radius 2 is 1.74 bits per heavy atom. The standard InChI is InChI=1S/C25H24FN3O4S/c1-28(22-5-3-4-14-27-22)15-16-33-21-10-6-18(7-11-21)17-25(26)23(30)29(24(31)34-25)19-8-12-20(32-2)13-9-19/h3-14H,15-17H2,1-2H3. The van der Waals surface area contributed by atoms with E-state index in [2.05, 4.69) is 4.98 Å². The number of carbonyl (C=O) groups is 2. The number of hydrogen-bond donors (Lipinski definition) is 0. The van der Waals surface area contributed by atoms with Gasteiger partial charge in [-0.3, -0.25) is 9.59 Å². The number of nitrogens with zero attached hydrogens (tertiary/aromatic N) is 3. The Hall–Kier alpha value is -3.59. The molecule has 0 N–H and O–H groups in total. The average Bonchev–Trinajstić information content (AvgIpc) is 3.08. The predicted molar refractivity (Wildman–Crippen MR) is 130 cm³/mol. The van der Waals surface area contributed by atoms with Gasteiger partial charge < -0.3 is 14.4 Å². The molecule has 2 aromatic carbocycles. The van der Waals surface area contributed by atoms with Crippen LogP contribution >= 0.6 is 11.8 Å². The molecule has 1 aromatic heterocycles. The molecule has 1 aliphatic heterocycles. The van der Waals surface area contributed by atoms with Gasteiger partial charge in [-0.05, 0) is 65.9 Å². The summed E-state index contributed by atoms with van der Waals surface area (Å²) < 4.78 is 26.4. The number of imide groups is 1. The Morgan fingerprint density at radius 1 is 1.03 bits per heavy atom. The lowest BCUT2D eigenvalue weighted by Crippen LogP contribution is -2.38. The fraction of sp³-hybridized carbons (Fsp3) is 0.240. The third kappa shape index (κ3) is 5.14. The summed E-state index contributed by atoms with van der Waals surface area (Å²) in [6, 6.07) is 18.9. The number of thioether (sulfide) groups is 1. The maximum atomic E-state index is 15.6. The van der Waals surface area contributed by atoms with Crippen molar-refractivity contribution in [2.75, 3.05) is 37.1 Å². The molecule has 1 saturated heterocycles. The largest absolute Gasteiger partial charge is 0.497 e. The van der Waals surface area contributed by atoms with Gasteiger partial charge in [-0.2, -0.15) is 0 Å². The number of halogens is 1. The number of benzene rings is 2. The minimum atomic E-state index is -2.37. The van der Waals surface area contributed by atoms with Crippen molar-refractivity contribution in [3.63, 3.8) is 0 Å². The zero-order valence-electron chi connectivity index (χ0n) is 18.8. The van der Waals surface area contributed by atoms with Crippen molar-refractivity contribution >= 4 is 34.4 Å². The van der Waals surface area contributed by atoms with Crippen molar-refractivity contribution < 1.29 is 23.5 Å². The molecule has 0 bridgehead atoms. The highest BCUT2D eigenvalue weighted by molar-refractivity contribution is 8.16. The molecular formula is C25H24FN3O4S. The number of amides is 2. The summed E-state index contributed by atoms with van der Waals surface area (Å²) >= 11 is 0.400. The first-order chi connectivity index (χ1) is 16.4. The van der Waals surface area contributed by atoms with Gasteiger partial charge in [-0.1, -0.05) is 18.2 Å². The van der Waals surface area contributed by atoms with Gasteiger partial charge in [-0.25, -0.2) is 14.3 Å². The van der Waals surface area contributed by atoms with Crippen molar-refractivity contribution in [2.24, 2.45) is 0 Å². The number of aromatic nitrogens is 1. The maximum Gasteiger partial charge on any atom is 0.296 e. The molecule has 7 nitrogen and oxygen atoms in total. The van der Waals surface area contributed by atoms with Crippen LogP contribution < -0.4 is 19.3 Å². The van der Waals surface area contributed by atoms with Crippen molar-refractivity contribution in [3.8, 4) is 11.5 Å². The normalized spacial score (nSPS) is 17.7. The van der Waals surface area contributed by atoms with E-state index < -0.39 is 16.1 Å². The maximum absolute atomic E-state index is 15.6. The quantitative estimate of drug-likeness (QED) is 0.438. The van der Waals surface area contributed by atoms with Gasteiger partial charge in [0.05, 0.1) is 19.3 Å². The second-order valence-corrected chi connectivity index (χ2v) is 8.91. The molecule has 1 fully saturated rings. The number of likely N-dealkylation sites (N-methyl/N-ethyl adjacent to an activating group) is 1. The van der Waals surface area contributed by atoms with E-state index in [1.54, 1.807) is 54.7 Å². The third-order valence-electron chi connectivity index (χ3n) is 5.38. The molecule has 2 amide bonds. The summed E-state index contributed by atoms with van der Waals surface area (Å²) in [5, 5.41) is -3.01. The van der Waals surface area contributed by atoms with E-state index in [1.165, 1.54) is 7.11 Å². The lowest BCUT2D eigenvalue weighted by Gasteiger charge is -2.19. The predicted octanol–water partition coefficient (Wildman–Crippen LogP) is 4.71. The molecular weight excluding hydrogens is 457 g/mol. The first kappa shape index (κ1) is 23.6. The van der Waals surface area contributed by atoms with Crippen LogP contribution in [-0.4, -0.2) is 48.4 Å². The van der Waals surface area contributed by atoms with Crippen molar-refractivity contribution in [1.82, 2.24) is 4.98 Å². The summed E-state index contributed by atoms with van der Waals surface area (Å²) in [5.41, 5.74) is 0.896. The fourth-order valence-corrected chi connectivity index (χ4v) is 4.48. The highest BCUT2D eigenvalue weighted by Gasteiger charge is 2.54. The summed E-state index contributed by atoms with van der Waals surface area (Å²) in [4.78, 5) is 32.4. The van der Waals surface area contributed by atoms with Gasteiger partial charge in [0.1, 0.15) is 23.9 Å². The number of methoxy groups -OCH3 is 1. The number of rotatable bonds is 9. The van der Waals surface area contributed by atoms with Crippen molar-refractivity contribution in [3.05, 3.63) is 78.5 Å². The van der Waals surface area contributed by atoms with Crippen LogP contribution in [0.1, 0.15) is 5.56 Å². The SMILES string of the molecule is COc1ccc(N2C(=O)SC(F)(Cc3ccc(OCCN(C)c4ccccn4)cc3)C2=O)cc1. The van der Waals surface area contributed by atoms with Gasteiger partial charge in [0.15, 0.2) is 0 Å². The molecule has 0 radical (unpaired) electrons. The van der Waals surface area contributed by atoms with Crippen molar-refractivity contribution in [2.45, 2.75) is 11.4 Å². The zero-order valence-corrected chi connectivity index (χ0v) is 19.6. The minimum Gasteiger partial charge on any atom is -0.497 e. The van der Waals surface area contributed by atoms with E-state index in [-0.39, 0.29) is 6.42 Å². The molecule has 176 valence electrons. The monoisotopic (exact) mass is 481 g/mol. The van der Waals surface area contributed by atoms with Crippen LogP contribution in [0.2, 0.25) is 0 Å². The Bertz CT molecular complexity index is 1150. The van der Waals surface area contributed by atoms with Crippen molar-refractivity contribution in [1.29, 1.82) is 0 Å². The van der Waals surface area contributed by atoms with Crippen LogP contribution in [0.25, 0.3) is 0 Å². The Kier molecular flexibility index (Phi) is 7.02. The van der Waals surface area contributed by atoms with Crippen LogP contribution in [-0.2, 0) is 11.2 Å². The molecule has 1 aliphatic rings. The van der Waals surface area contributed by atoms with Gasteiger partial charge in [0.25, 0.3) is 11.1 Å². The number of carbonyl (C=O) groups excluding carboxylic acids is 2. The highest BCUT2D eigenvalue weighted by Crippen LogP contribution is 2.43. The van der Waals surface area contributed by atoms with E-state index in [9.17, 15) is 9.59 Å². The number of hydrogen-bond acceptors (Lipinski definition) is 7. The van der Waals surface area contributed by atoms with Crippen LogP contribution in [0.5, 0.6) is 11.5 Å². The molecule has 1 atom stereocenters. The molecule has 34 heavy (non-hydrogen) atoms. The highest BCUT2D eigenvalue weighted by atomic mass is 32.2. The van der Waals surface area contributed by atoms with E-state index in [1.807, 2.05) is 30.1 Å². The lowest BCUT2D eigenvalue weighted by molar-refractivity contribution is -0.123. The minimum absolute atomic E-state index is 0.225. The van der Waals surface area contributed by atoms with E-state index >= 15 is 4.39 Å². The Morgan fingerprint density at radius 3 is 2.38 bits per heavy atom. The molecule has 2 heterocycles. The van der Waals surface area contributed by atoms with Gasteiger partial charge >= 0.3 is 0 Å². The molecule has 9 heteroatoms. The summed E-state index contributed by atoms with van der Waals surface area (Å²) in [6.07, 6.45) is 1.51. The molecule has 3 aromatic rings. The zero-order chi connectivity index (χ0) is 24.1. The first-order valence-corrected chi connectivity index (χ1v) is 11.5. The third-order valence-corrected chi connectivity index (χ3v) is 6.38. The molecule has 0 spiro atoms. The van der Waals surface area contributed by atoms with Gasteiger partial charge in [0.2, 0.25) is 5.00 Å². The molecule has 0 saturated carbocycles. The number of ether oxygens (including phenoxy) is 2. The number of alkyl halides is 1. The molecule has 1 unspecified atom stereocenters. The van der Waals surface area contributed by atoms with Crippen LogP contribution in [0.3, 0.4) is 0 Å². The Labute approximate surface area is 201 Å². The summed E-state index contributed by atoms with van der Waals surface area (Å²) in [6.45, 7) is 1.08. The second-order valence-electron chi connectivity index (χ2n) is 7.71. The number of pyridine rings is 1. The van der Waals surface area contributed by atoms with Crippen LogP contribution in [0.15, 0.2) is 72.9 Å². The molecule has 0 aliphatic carbocycles. The summed E-state index contributed by atoms with van der Waals surface area (Å²) in [7, 11) is 3.45.